The van der Waals surface area contributed by atoms with E-state index in [0.29, 0.717) is 0 Å². The van der Waals surface area contributed by atoms with Crippen molar-refractivity contribution < 1.29 is 4.79 Å². The van der Waals surface area contributed by atoms with Gasteiger partial charge in [-0.15, -0.1) is 0 Å². The van der Waals surface area contributed by atoms with Crippen molar-refractivity contribution >= 4 is 27.7 Å². The maximum Gasteiger partial charge on any atom is 0.174 e. The molecule has 0 spiro atoms. The fourth-order valence-electron chi connectivity index (χ4n) is 6.82. The Balaban J connectivity index is 1.59. The summed E-state index contributed by atoms with van der Waals surface area (Å²) >= 11 is 0. The molecule has 1 nitrogen and oxygen atoms in total. The van der Waals surface area contributed by atoms with Crippen molar-refractivity contribution in [3.8, 4) is 11.1 Å². The van der Waals surface area contributed by atoms with E-state index in [9.17, 15) is 4.79 Å². The number of fused-ring (bicyclic) bond motifs is 3. The SMILES string of the molecule is Cc1cc2c3c(cccc3c1-c1ccccc1)[C@]1(C)C(=O)C(c3ccccc3)=C(c3ccccc3)[C@H]21. The highest BCUT2D eigenvalue weighted by atomic mass is 16.1. The lowest BCUT2D eigenvalue weighted by atomic mass is 9.73. The molecule has 0 heterocycles. The van der Waals surface area contributed by atoms with Crippen LogP contribution in [0.4, 0.5) is 0 Å². The highest BCUT2D eigenvalue weighted by Crippen LogP contribution is 2.64. The summed E-state index contributed by atoms with van der Waals surface area (Å²) in [7, 11) is 0. The van der Waals surface area contributed by atoms with Crippen LogP contribution in [-0.4, -0.2) is 5.78 Å². The number of hydrogen-bond donors (Lipinski definition) is 0. The normalized spacial score (nSPS) is 20.3. The molecule has 5 aromatic carbocycles. The molecule has 0 radical (unpaired) electrons. The zero-order valence-corrected chi connectivity index (χ0v) is 20.5. The van der Waals surface area contributed by atoms with E-state index in [0.717, 1.165) is 27.8 Å². The molecule has 0 amide bonds. The number of allylic oxidation sites excluding steroid dienone is 2. The molecule has 2 atom stereocenters. The third kappa shape index (κ3) is 2.69. The van der Waals surface area contributed by atoms with Crippen LogP contribution in [0.25, 0.3) is 33.0 Å². The molecule has 36 heavy (non-hydrogen) atoms. The van der Waals surface area contributed by atoms with Gasteiger partial charge in [-0.1, -0.05) is 115 Å². The molecular formula is C35H26O. The molecule has 5 aromatic rings. The quantitative estimate of drug-likeness (QED) is 0.263. The Bertz CT molecular complexity index is 1690. The topological polar surface area (TPSA) is 17.1 Å². The van der Waals surface area contributed by atoms with Crippen LogP contribution in [-0.2, 0) is 10.2 Å². The molecule has 2 aliphatic rings. The second kappa shape index (κ2) is 7.63. The van der Waals surface area contributed by atoms with Crippen LogP contribution in [0.2, 0.25) is 0 Å². The van der Waals surface area contributed by atoms with E-state index < -0.39 is 5.41 Å². The molecule has 0 aromatic heterocycles. The summed E-state index contributed by atoms with van der Waals surface area (Å²) < 4.78 is 0. The van der Waals surface area contributed by atoms with Crippen LogP contribution >= 0.6 is 0 Å². The van der Waals surface area contributed by atoms with Gasteiger partial charge in [0.25, 0.3) is 0 Å². The van der Waals surface area contributed by atoms with Crippen molar-refractivity contribution in [1.82, 2.24) is 0 Å². The van der Waals surface area contributed by atoms with Gasteiger partial charge in [0.1, 0.15) is 0 Å². The van der Waals surface area contributed by atoms with E-state index in [4.69, 9.17) is 0 Å². The molecule has 2 aliphatic carbocycles. The van der Waals surface area contributed by atoms with Crippen LogP contribution in [0.5, 0.6) is 0 Å². The molecule has 0 N–H and O–H groups in total. The fourth-order valence-corrected chi connectivity index (χ4v) is 6.82. The first-order valence-electron chi connectivity index (χ1n) is 12.6. The molecule has 0 saturated carbocycles. The summed E-state index contributed by atoms with van der Waals surface area (Å²) in [6.45, 7) is 4.38. The van der Waals surface area contributed by atoms with E-state index in [-0.39, 0.29) is 11.7 Å². The van der Waals surface area contributed by atoms with Crippen LogP contribution in [0, 0.1) is 6.92 Å². The van der Waals surface area contributed by atoms with Gasteiger partial charge in [-0.25, -0.2) is 0 Å². The van der Waals surface area contributed by atoms with Gasteiger partial charge < -0.3 is 0 Å². The van der Waals surface area contributed by atoms with Gasteiger partial charge >= 0.3 is 0 Å². The smallest absolute Gasteiger partial charge is 0.174 e. The number of aryl methyl sites for hydroxylation is 1. The van der Waals surface area contributed by atoms with Crippen molar-refractivity contribution in [1.29, 1.82) is 0 Å². The van der Waals surface area contributed by atoms with Gasteiger partial charge in [0.15, 0.2) is 5.78 Å². The van der Waals surface area contributed by atoms with E-state index in [1.807, 2.05) is 24.3 Å². The predicted molar refractivity (Wildman–Crippen MR) is 149 cm³/mol. The third-order valence-electron chi connectivity index (χ3n) is 8.30. The van der Waals surface area contributed by atoms with E-state index >= 15 is 0 Å². The monoisotopic (exact) mass is 462 g/mol. The molecule has 0 unspecified atom stereocenters. The van der Waals surface area contributed by atoms with E-state index in [1.165, 1.54) is 33.0 Å². The summed E-state index contributed by atoms with van der Waals surface area (Å²) in [6, 6.07) is 40.3. The lowest BCUT2D eigenvalue weighted by Crippen LogP contribution is -2.31. The van der Waals surface area contributed by atoms with Crippen molar-refractivity contribution in [3.05, 3.63) is 143 Å². The Morgan fingerprint density at radius 3 is 1.89 bits per heavy atom. The first-order valence-corrected chi connectivity index (χ1v) is 12.6. The van der Waals surface area contributed by atoms with Crippen molar-refractivity contribution in [2.75, 3.05) is 0 Å². The Kier molecular flexibility index (Phi) is 4.47. The summed E-state index contributed by atoms with van der Waals surface area (Å²) in [6.07, 6.45) is 0. The van der Waals surface area contributed by atoms with Gasteiger partial charge in [-0.3, -0.25) is 4.79 Å². The first kappa shape index (κ1) is 21.1. The Morgan fingerprint density at radius 1 is 0.667 bits per heavy atom. The Labute approximate surface area is 211 Å². The van der Waals surface area contributed by atoms with Crippen LogP contribution in [0.15, 0.2) is 115 Å². The largest absolute Gasteiger partial charge is 0.293 e. The predicted octanol–water partition coefficient (Wildman–Crippen LogP) is 8.36. The number of carbonyl (C=O) groups is 1. The maximum atomic E-state index is 14.6. The number of hydrogen-bond acceptors (Lipinski definition) is 1. The van der Waals surface area contributed by atoms with Crippen LogP contribution in [0.1, 0.15) is 40.7 Å². The van der Waals surface area contributed by atoms with Crippen molar-refractivity contribution in [3.63, 3.8) is 0 Å². The van der Waals surface area contributed by atoms with Crippen LogP contribution in [0.3, 0.4) is 0 Å². The van der Waals surface area contributed by atoms with Crippen molar-refractivity contribution in [2.24, 2.45) is 0 Å². The van der Waals surface area contributed by atoms with E-state index in [1.54, 1.807) is 0 Å². The number of Topliss-reactive ketones (excluding diaryl/α,β-unsaturated/α-hetero) is 1. The van der Waals surface area contributed by atoms with Crippen molar-refractivity contribution in [2.45, 2.75) is 25.2 Å². The molecular weight excluding hydrogens is 436 g/mol. The highest BCUT2D eigenvalue weighted by Gasteiger charge is 2.57. The summed E-state index contributed by atoms with van der Waals surface area (Å²) in [5.41, 5.74) is 9.67. The fraction of sp³-hybridized carbons (Fsp3) is 0.114. The average Bonchev–Trinajstić information content (AvgIpc) is 3.31. The van der Waals surface area contributed by atoms with E-state index in [2.05, 4.69) is 105 Å². The second-order valence-electron chi connectivity index (χ2n) is 10.2. The second-order valence-corrected chi connectivity index (χ2v) is 10.2. The lowest BCUT2D eigenvalue weighted by molar-refractivity contribution is -0.117. The lowest BCUT2D eigenvalue weighted by Gasteiger charge is -2.27. The minimum Gasteiger partial charge on any atom is -0.293 e. The Hall–Kier alpha value is -4.23. The molecule has 7 rings (SSSR count). The molecule has 1 heteroatoms. The summed E-state index contributed by atoms with van der Waals surface area (Å²) in [4.78, 5) is 14.6. The zero-order chi connectivity index (χ0) is 24.4. The van der Waals surface area contributed by atoms with Gasteiger partial charge in [-0.05, 0) is 69.1 Å². The summed E-state index contributed by atoms with van der Waals surface area (Å²) in [5, 5.41) is 2.49. The molecule has 172 valence electrons. The Morgan fingerprint density at radius 2 is 1.25 bits per heavy atom. The van der Waals surface area contributed by atoms with Gasteiger partial charge in [0.05, 0.1) is 5.41 Å². The molecule has 0 aliphatic heterocycles. The zero-order valence-electron chi connectivity index (χ0n) is 20.5. The third-order valence-corrected chi connectivity index (χ3v) is 8.30. The number of rotatable bonds is 3. The van der Waals surface area contributed by atoms with Gasteiger partial charge in [0, 0.05) is 11.5 Å². The molecule has 0 bridgehead atoms. The highest BCUT2D eigenvalue weighted by molar-refractivity contribution is 6.38. The first-order chi connectivity index (χ1) is 17.6. The summed E-state index contributed by atoms with van der Waals surface area (Å²) in [5.74, 6) is 0.200. The molecule has 0 fully saturated rings. The maximum absolute atomic E-state index is 14.6. The average molecular weight is 463 g/mol. The number of carbonyl (C=O) groups excluding carboxylic acids is 1. The molecule has 0 saturated heterocycles. The minimum absolute atomic E-state index is 0.0222. The minimum atomic E-state index is -0.639. The number of benzene rings is 5. The standard InChI is InChI=1S/C35H26O/c1-22-21-27-32-26(29(22)23-13-6-3-7-14-23)19-12-20-28(32)35(2)33(27)30(24-15-8-4-9-16-24)31(34(35)36)25-17-10-5-11-18-25/h3-21,33H,1-2H3/t33-,35-/m0/s1. The van der Waals surface area contributed by atoms with Gasteiger partial charge in [-0.2, -0.15) is 0 Å². The van der Waals surface area contributed by atoms with Gasteiger partial charge in [0.2, 0.25) is 0 Å². The van der Waals surface area contributed by atoms with Crippen LogP contribution < -0.4 is 0 Å². The number of ketones is 1.